The van der Waals surface area contributed by atoms with Crippen molar-refractivity contribution in [3.05, 3.63) is 89.5 Å². The molecule has 0 radical (unpaired) electrons. The zero-order valence-electron chi connectivity index (χ0n) is 17.7. The van der Waals surface area contributed by atoms with Gasteiger partial charge in [0.05, 0.1) is 0 Å². The molecule has 3 rings (SSSR count). The van der Waals surface area contributed by atoms with Crippen LogP contribution in [0.5, 0.6) is 0 Å². The molecule has 0 nitrogen and oxygen atoms in total. The van der Waals surface area contributed by atoms with Crippen LogP contribution in [0.2, 0.25) is 0 Å². The molecular weight excluding hydrogens is 335 g/mol. The van der Waals surface area contributed by atoms with E-state index in [1.54, 1.807) is 0 Å². The van der Waals surface area contributed by atoms with Gasteiger partial charge in [0.1, 0.15) is 0 Å². The van der Waals surface area contributed by atoms with Crippen LogP contribution < -0.4 is 16.4 Å². The molecule has 0 aliphatic heterocycles. The summed E-state index contributed by atoms with van der Waals surface area (Å²) >= 11 is 0. The molecule has 0 heterocycles. The van der Waals surface area contributed by atoms with Crippen molar-refractivity contribution in [3.8, 4) is 0 Å². The molecule has 0 amide bonds. The molecule has 1 heteroatoms. The summed E-state index contributed by atoms with van der Waals surface area (Å²) in [7, 11) is 0. The number of aryl methyl sites for hydroxylation is 3. The Hall–Kier alpha value is -2.28. The Morgan fingerprint density at radius 3 is 0.893 bits per heavy atom. The summed E-state index contributed by atoms with van der Waals surface area (Å²) in [5.41, 5.74) is 8.44. The van der Waals surface area contributed by atoms with E-state index >= 15 is 0 Å². The van der Waals surface area contributed by atoms with E-state index in [9.17, 15) is 0 Å². The van der Waals surface area contributed by atoms with E-state index in [0.29, 0.717) is 6.71 Å². The second-order valence-electron chi connectivity index (χ2n) is 7.91. The van der Waals surface area contributed by atoms with Gasteiger partial charge in [0.25, 0.3) is 0 Å². The molecule has 0 spiro atoms. The predicted molar refractivity (Wildman–Crippen MR) is 126 cm³/mol. The first-order valence-electron chi connectivity index (χ1n) is 11.0. The van der Waals surface area contributed by atoms with Gasteiger partial charge in [0.15, 0.2) is 0 Å². The molecule has 0 aliphatic rings. The summed E-state index contributed by atoms with van der Waals surface area (Å²) in [6.07, 6.45) is 7.05. The summed E-state index contributed by atoms with van der Waals surface area (Å²) in [5, 5.41) is 0. The molecule has 0 atom stereocenters. The van der Waals surface area contributed by atoms with Crippen molar-refractivity contribution in [1.82, 2.24) is 0 Å². The quantitative estimate of drug-likeness (QED) is 0.463. The molecule has 0 bridgehead atoms. The predicted octanol–water partition coefficient (Wildman–Crippen LogP) is 5.06. The summed E-state index contributed by atoms with van der Waals surface area (Å²) < 4.78 is 0. The fourth-order valence-corrected chi connectivity index (χ4v) is 4.07. The number of rotatable bonds is 9. The molecule has 0 N–H and O–H groups in total. The van der Waals surface area contributed by atoms with Crippen LogP contribution in [0.4, 0.5) is 0 Å². The third-order valence-corrected chi connectivity index (χ3v) is 5.56. The van der Waals surface area contributed by atoms with Gasteiger partial charge in [0, 0.05) is 0 Å². The van der Waals surface area contributed by atoms with Crippen molar-refractivity contribution in [1.29, 1.82) is 0 Å². The van der Waals surface area contributed by atoms with Crippen LogP contribution in [0.1, 0.15) is 56.7 Å². The Balaban J connectivity index is 1.97. The van der Waals surface area contributed by atoms with Crippen LogP contribution in [0.3, 0.4) is 0 Å². The number of hydrogen-bond donors (Lipinski definition) is 0. The molecule has 0 fully saturated rings. The number of benzene rings is 3. The van der Waals surface area contributed by atoms with E-state index in [-0.39, 0.29) is 0 Å². The monoisotopic (exact) mass is 368 g/mol. The van der Waals surface area contributed by atoms with Crippen LogP contribution in [0, 0.1) is 0 Å². The van der Waals surface area contributed by atoms with Gasteiger partial charge >= 0.3 is 0 Å². The van der Waals surface area contributed by atoms with Crippen molar-refractivity contribution < 1.29 is 0 Å². The second-order valence-corrected chi connectivity index (χ2v) is 7.91. The second kappa shape index (κ2) is 10.3. The van der Waals surface area contributed by atoms with Crippen LogP contribution in [-0.2, 0) is 19.3 Å². The normalized spacial score (nSPS) is 10.8. The largest absolute Gasteiger partial charge is 0.241 e. The highest BCUT2D eigenvalue weighted by atomic mass is 14.0. The summed E-state index contributed by atoms with van der Waals surface area (Å²) in [4.78, 5) is 0. The first kappa shape index (κ1) is 20.5. The zero-order chi connectivity index (χ0) is 19.8. The molecule has 0 saturated heterocycles. The topological polar surface area (TPSA) is 0 Å². The highest BCUT2D eigenvalue weighted by molar-refractivity contribution is 6.95. The van der Waals surface area contributed by atoms with Gasteiger partial charge in [-0.15, -0.1) is 0 Å². The maximum absolute atomic E-state index is 2.33. The fraction of sp³-hybridized carbons (Fsp3) is 0.333. The first-order chi connectivity index (χ1) is 13.7. The van der Waals surface area contributed by atoms with Crippen molar-refractivity contribution in [2.24, 2.45) is 0 Å². The SMILES string of the molecule is CCCc1ccc(B(c2ccc(CCC)cc2)c2ccc(CCC)cc2)cc1. The maximum atomic E-state index is 2.33. The molecule has 144 valence electrons. The molecule has 3 aromatic carbocycles. The standard InChI is InChI=1S/C27H33B/c1-4-7-22-10-16-25(17-11-22)28(26-18-12-23(8-5-2)13-19-26)27-20-14-24(9-6-3)15-21-27/h10-21H,4-9H2,1-3H3. The van der Waals surface area contributed by atoms with Gasteiger partial charge in [0.2, 0.25) is 6.71 Å². The maximum Gasteiger partial charge on any atom is 0.241 e. The smallest absolute Gasteiger partial charge is 0.0687 e. The third-order valence-electron chi connectivity index (χ3n) is 5.56. The van der Waals surface area contributed by atoms with E-state index < -0.39 is 0 Å². The summed E-state index contributed by atoms with van der Waals surface area (Å²) in [6.45, 7) is 7.02. The Morgan fingerprint density at radius 2 is 0.679 bits per heavy atom. The highest BCUT2D eigenvalue weighted by Crippen LogP contribution is 2.06. The van der Waals surface area contributed by atoms with E-state index in [1.807, 2.05) is 0 Å². The van der Waals surface area contributed by atoms with E-state index in [4.69, 9.17) is 0 Å². The molecular formula is C27H33B. The lowest BCUT2D eigenvalue weighted by atomic mass is 9.37. The van der Waals surface area contributed by atoms with Gasteiger partial charge in [-0.05, 0) is 36.0 Å². The minimum Gasteiger partial charge on any atom is -0.0687 e. The Morgan fingerprint density at radius 1 is 0.429 bits per heavy atom. The van der Waals surface area contributed by atoms with Crippen molar-refractivity contribution in [2.45, 2.75) is 59.3 Å². The van der Waals surface area contributed by atoms with Gasteiger partial charge in [-0.1, -0.05) is 129 Å². The molecule has 0 aliphatic carbocycles. The van der Waals surface area contributed by atoms with Crippen molar-refractivity contribution in [3.63, 3.8) is 0 Å². The van der Waals surface area contributed by atoms with Gasteiger partial charge < -0.3 is 0 Å². The summed E-state index contributed by atoms with van der Waals surface area (Å²) in [6, 6.07) is 27.8. The van der Waals surface area contributed by atoms with Crippen molar-refractivity contribution in [2.75, 3.05) is 0 Å². The Labute approximate surface area is 172 Å². The Bertz CT molecular complexity index is 711. The molecule has 0 unspecified atom stereocenters. The number of hydrogen-bond acceptors (Lipinski definition) is 0. The van der Waals surface area contributed by atoms with Crippen LogP contribution in [0.15, 0.2) is 72.8 Å². The lowest BCUT2D eigenvalue weighted by Gasteiger charge is -2.17. The lowest BCUT2D eigenvalue weighted by Crippen LogP contribution is -2.52. The van der Waals surface area contributed by atoms with Gasteiger partial charge in [-0.25, -0.2) is 0 Å². The highest BCUT2D eigenvalue weighted by Gasteiger charge is 2.21. The van der Waals surface area contributed by atoms with Crippen LogP contribution in [-0.4, -0.2) is 6.71 Å². The van der Waals surface area contributed by atoms with Crippen LogP contribution >= 0.6 is 0 Å². The summed E-state index contributed by atoms with van der Waals surface area (Å²) in [5.74, 6) is 0. The first-order valence-corrected chi connectivity index (χ1v) is 11.0. The molecule has 0 saturated carbocycles. The van der Waals surface area contributed by atoms with E-state index in [0.717, 1.165) is 19.3 Å². The minimum absolute atomic E-state index is 0.294. The lowest BCUT2D eigenvalue weighted by molar-refractivity contribution is 0.922. The minimum atomic E-state index is 0.294. The average molecular weight is 368 g/mol. The van der Waals surface area contributed by atoms with Crippen LogP contribution in [0.25, 0.3) is 0 Å². The zero-order valence-corrected chi connectivity index (χ0v) is 17.7. The van der Waals surface area contributed by atoms with E-state index in [1.165, 1.54) is 52.3 Å². The van der Waals surface area contributed by atoms with E-state index in [2.05, 4.69) is 93.6 Å². The van der Waals surface area contributed by atoms with Gasteiger partial charge in [-0.3, -0.25) is 0 Å². The molecule has 3 aromatic rings. The molecule has 0 aromatic heterocycles. The van der Waals surface area contributed by atoms with Gasteiger partial charge in [-0.2, -0.15) is 0 Å². The van der Waals surface area contributed by atoms with Crippen molar-refractivity contribution >= 4 is 23.1 Å². The fourth-order valence-electron chi connectivity index (χ4n) is 4.07. The Kier molecular flexibility index (Phi) is 7.54. The average Bonchev–Trinajstić information content (AvgIpc) is 2.73. The third kappa shape index (κ3) is 5.16. The molecule has 28 heavy (non-hydrogen) atoms.